The first-order valence-corrected chi connectivity index (χ1v) is 15.2. The second-order valence-corrected chi connectivity index (χ2v) is 12.9. The SMILES string of the molecule is C=C(c1cc(C)nn1-c1ccc2c(c1)C=CC(Br)C2C)[C@@H]1NC1c1ccc(C(=N)CN2CCCC(C)C2)cc1F. The molecule has 2 saturated heterocycles. The minimum absolute atomic E-state index is 0.0730. The zero-order valence-electron chi connectivity index (χ0n) is 23.4. The number of rotatable bonds is 7. The Morgan fingerprint density at radius 2 is 1.98 bits per heavy atom. The van der Waals surface area contributed by atoms with Gasteiger partial charge in [0.05, 0.1) is 34.9 Å². The molecule has 208 valence electrons. The minimum Gasteiger partial charge on any atom is -0.303 e. The number of aromatic nitrogens is 2. The van der Waals surface area contributed by atoms with Gasteiger partial charge < -0.3 is 5.41 Å². The van der Waals surface area contributed by atoms with E-state index >= 15 is 4.39 Å². The highest BCUT2D eigenvalue weighted by atomic mass is 79.9. The number of piperidine rings is 1. The van der Waals surface area contributed by atoms with Crippen LogP contribution in [-0.4, -0.2) is 50.9 Å². The van der Waals surface area contributed by atoms with E-state index in [0.717, 1.165) is 35.7 Å². The van der Waals surface area contributed by atoms with Crippen LogP contribution >= 0.6 is 15.9 Å². The van der Waals surface area contributed by atoms with E-state index in [2.05, 4.69) is 76.9 Å². The number of nitrogens with one attached hydrogen (secondary N) is 2. The lowest BCUT2D eigenvalue weighted by molar-refractivity contribution is 0.207. The molecule has 0 amide bonds. The van der Waals surface area contributed by atoms with Crippen molar-refractivity contribution < 1.29 is 4.39 Å². The second-order valence-electron chi connectivity index (χ2n) is 11.8. The van der Waals surface area contributed by atoms with Gasteiger partial charge >= 0.3 is 0 Å². The van der Waals surface area contributed by atoms with E-state index in [1.807, 2.05) is 29.8 Å². The summed E-state index contributed by atoms with van der Waals surface area (Å²) < 4.78 is 17.3. The molecule has 5 atom stereocenters. The van der Waals surface area contributed by atoms with Crippen LogP contribution < -0.4 is 5.32 Å². The van der Waals surface area contributed by atoms with Crippen molar-refractivity contribution in [1.82, 2.24) is 20.0 Å². The van der Waals surface area contributed by atoms with Gasteiger partial charge in [0, 0.05) is 23.5 Å². The Labute approximate surface area is 244 Å². The molecule has 0 bridgehead atoms. The molecule has 2 fully saturated rings. The first kappa shape index (κ1) is 27.3. The maximum Gasteiger partial charge on any atom is 0.128 e. The Kier molecular flexibility index (Phi) is 7.40. The van der Waals surface area contributed by atoms with Gasteiger partial charge in [0.15, 0.2) is 0 Å². The van der Waals surface area contributed by atoms with Crippen LogP contribution in [-0.2, 0) is 0 Å². The van der Waals surface area contributed by atoms with Crippen molar-refractivity contribution >= 4 is 33.3 Å². The quantitative estimate of drug-likeness (QED) is 0.173. The highest BCUT2D eigenvalue weighted by Gasteiger charge is 2.42. The van der Waals surface area contributed by atoms with Gasteiger partial charge in [0.25, 0.3) is 0 Å². The van der Waals surface area contributed by atoms with Crippen molar-refractivity contribution in [2.24, 2.45) is 5.92 Å². The molecule has 0 spiro atoms. The molecule has 3 heterocycles. The summed E-state index contributed by atoms with van der Waals surface area (Å²) >= 11 is 3.74. The molecule has 2 N–H and O–H groups in total. The van der Waals surface area contributed by atoms with Crippen molar-refractivity contribution in [3.8, 4) is 5.69 Å². The first-order chi connectivity index (χ1) is 19.2. The van der Waals surface area contributed by atoms with Crippen molar-refractivity contribution in [2.45, 2.75) is 56.4 Å². The minimum atomic E-state index is -0.271. The van der Waals surface area contributed by atoms with Gasteiger partial charge in [-0.2, -0.15) is 5.10 Å². The molecule has 0 radical (unpaired) electrons. The lowest BCUT2D eigenvalue weighted by Crippen LogP contribution is -2.38. The normalized spacial score (nSPS) is 26.0. The number of hydrogen-bond acceptors (Lipinski definition) is 4. The zero-order chi connectivity index (χ0) is 28.1. The highest BCUT2D eigenvalue weighted by Crippen LogP contribution is 2.41. The van der Waals surface area contributed by atoms with Crippen molar-refractivity contribution in [3.63, 3.8) is 0 Å². The number of benzene rings is 2. The van der Waals surface area contributed by atoms with Crippen LogP contribution in [0.5, 0.6) is 0 Å². The molecule has 3 aromatic rings. The van der Waals surface area contributed by atoms with Gasteiger partial charge in [0.2, 0.25) is 0 Å². The van der Waals surface area contributed by atoms with E-state index in [0.29, 0.717) is 40.0 Å². The lowest BCUT2D eigenvalue weighted by Gasteiger charge is -2.30. The van der Waals surface area contributed by atoms with Crippen LogP contribution in [0.4, 0.5) is 4.39 Å². The molecule has 1 aliphatic carbocycles. The fraction of sp³-hybridized carbons (Fsp3) is 0.394. The predicted octanol–water partition coefficient (Wildman–Crippen LogP) is 7.04. The summed E-state index contributed by atoms with van der Waals surface area (Å²) in [5, 5.41) is 16.8. The molecule has 1 aromatic heterocycles. The molecule has 5 nitrogen and oxygen atoms in total. The molecule has 2 aromatic carbocycles. The summed E-state index contributed by atoms with van der Waals surface area (Å²) in [6.45, 7) is 13.5. The van der Waals surface area contributed by atoms with Crippen LogP contribution in [0.3, 0.4) is 0 Å². The fourth-order valence-electron chi connectivity index (χ4n) is 6.29. The van der Waals surface area contributed by atoms with Gasteiger partial charge in [-0.05, 0) is 84.7 Å². The Hall–Kier alpha value is -2.87. The summed E-state index contributed by atoms with van der Waals surface area (Å²) in [6.07, 6.45) is 6.77. The summed E-state index contributed by atoms with van der Waals surface area (Å²) in [7, 11) is 0. The van der Waals surface area contributed by atoms with Gasteiger partial charge in [-0.1, -0.05) is 66.7 Å². The standard InChI is InChI=1S/C33H37BrFN5/c1-19-6-5-13-39(17-19)18-30(36)24-7-10-27(29(35)16-24)33-32(37-33)22(4)31-14-20(2)38-40(31)25-9-11-26-21(3)28(34)12-8-23(26)15-25/h7-12,14-16,19,21,28,32-33,36-37H,4-6,13,17-18H2,1-3H3/t19?,21?,28?,32-,33?/m0/s1. The molecular weight excluding hydrogens is 565 g/mol. The summed E-state index contributed by atoms with van der Waals surface area (Å²) in [6, 6.07) is 13.6. The molecule has 0 saturated carbocycles. The Morgan fingerprint density at radius 1 is 1.18 bits per heavy atom. The van der Waals surface area contributed by atoms with E-state index < -0.39 is 0 Å². The Bertz CT molecular complexity index is 1510. The molecule has 2 aliphatic heterocycles. The third kappa shape index (κ3) is 5.27. The number of likely N-dealkylation sites (tertiary alicyclic amines) is 1. The van der Waals surface area contributed by atoms with Crippen molar-refractivity contribution in [3.05, 3.63) is 94.6 Å². The number of hydrogen-bond donors (Lipinski definition) is 2. The molecule has 6 rings (SSSR count). The topological polar surface area (TPSA) is 66.9 Å². The van der Waals surface area contributed by atoms with Gasteiger partial charge in [0.1, 0.15) is 5.82 Å². The zero-order valence-corrected chi connectivity index (χ0v) is 25.0. The van der Waals surface area contributed by atoms with Crippen LogP contribution in [0.2, 0.25) is 0 Å². The number of allylic oxidation sites excluding steroid dienone is 1. The fourth-order valence-corrected chi connectivity index (χ4v) is 6.73. The third-order valence-corrected chi connectivity index (χ3v) is 9.77. The van der Waals surface area contributed by atoms with Crippen LogP contribution in [0, 0.1) is 24.1 Å². The monoisotopic (exact) mass is 601 g/mol. The number of nitrogens with zero attached hydrogens (tertiary/aromatic N) is 3. The summed E-state index contributed by atoms with van der Waals surface area (Å²) in [4.78, 5) is 2.65. The Balaban J connectivity index is 1.18. The largest absolute Gasteiger partial charge is 0.303 e. The maximum atomic E-state index is 15.3. The molecular formula is C33H37BrFN5. The molecule has 7 heteroatoms. The smallest absolute Gasteiger partial charge is 0.128 e. The Morgan fingerprint density at radius 3 is 2.75 bits per heavy atom. The van der Waals surface area contributed by atoms with E-state index in [-0.39, 0.29) is 17.9 Å². The van der Waals surface area contributed by atoms with Crippen LogP contribution in [0.25, 0.3) is 17.3 Å². The van der Waals surface area contributed by atoms with Crippen LogP contribution in [0.15, 0.2) is 55.1 Å². The maximum absolute atomic E-state index is 15.3. The molecule has 4 unspecified atom stereocenters. The summed E-state index contributed by atoms with van der Waals surface area (Å²) in [5.74, 6) is 0.784. The van der Waals surface area contributed by atoms with Gasteiger partial charge in [-0.15, -0.1) is 0 Å². The highest BCUT2D eigenvalue weighted by molar-refractivity contribution is 9.09. The van der Waals surface area contributed by atoms with Crippen molar-refractivity contribution in [2.75, 3.05) is 19.6 Å². The van der Waals surface area contributed by atoms with E-state index in [1.165, 1.54) is 30.0 Å². The van der Waals surface area contributed by atoms with E-state index in [9.17, 15) is 0 Å². The average molecular weight is 603 g/mol. The first-order valence-electron chi connectivity index (χ1n) is 14.3. The van der Waals surface area contributed by atoms with Crippen LogP contribution in [0.1, 0.15) is 72.3 Å². The summed E-state index contributed by atoms with van der Waals surface area (Å²) in [5.41, 5.74) is 8.00. The van der Waals surface area contributed by atoms with E-state index in [4.69, 9.17) is 10.5 Å². The third-order valence-electron chi connectivity index (χ3n) is 8.67. The predicted molar refractivity (Wildman–Crippen MR) is 165 cm³/mol. The lowest BCUT2D eigenvalue weighted by atomic mass is 9.88. The molecule has 3 aliphatic rings. The number of halogens is 2. The van der Waals surface area contributed by atoms with E-state index in [1.54, 1.807) is 0 Å². The van der Waals surface area contributed by atoms with Gasteiger partial charge in [-0.25, -0.2) is 9.07 Å². The number of alkyl halides is 1. The van der Waals surface area contributed by atoms with Crippen molar-refractivity contribution in [1.29, 1.82) is 5.41 Å². The molecule has 40 heavy (non-hydrogen) atoms. The average Bonchev–Trinajstić information content (AvgIpc) is 3.63. The second kappa shape index (κ2) is 10.8. The van der Waals surface area contributed by atoms with Gasteiger partial charge in [-0.3, -0.25) is 10.2 Å². The number of fused-ring (bicyclic) bond motifs is 1. The number of aryl methyl sites for hydroxylation is 1.